The number of halogens is 1. The maximum Gasteiger partial charge on any atom is 0.410 e. The first-order chi connectivity index (χ1) is 19.2. The largest absolute Gasteiger partial charge is 0.449 e. The van der Waals surface area contributed by atoms with E-state index in [4.69, 9.17) is 14.5 Å². The quantitative estimate of drug-likeness (QED) is 0.238. The monoisotopic (exact) mass is 650 g/mol. The van der Waals surface area contributed by atoms with Gasteiger partial charge in [-0.3, -0.25) is 4.90 Å². The number of nitrogens with zero attached hydrogens (tertiary/aromatic N) is 2. The van der Waals surface area contributed by atoms with Gasteiger partial charge in [0, 0.05) is 16.0 Å². The van der Waals surface area contributed by atoms with Crippen LogP contribution in [0.2, 0.25) is 0 Å². The number of aromatic amines is 1. The van der Waals surface area contributed by atoms with Crippen molar-refractivity contribution < 1.29 is 19.1 Å². The summed E-state index contributed by atoms with van der Waals surface area (Å²) in [5.41, 5.74) is 5.76. The molecule has 9 heteroatoms. The summed E-state index contributed by atoms with van der Waals surface area (Å²) < 4.78 is 12.6. The van der Waals surface area contributed by atoms with Gasteiger partial charge >= 0.3 is 12.2 Å². The zero-order valence-corrected chi connectivity index (χ0v) is 24.8. The molecule has 0 saturated carbocycles. The summed E-state index contributed by atoms with van der Waals surface area (Å²) in [4.78, 5) is 36.0. The van der Waals surface area contributed by atoms with Gasteiger partial charge in [0.05, 0.1) is 23.1 Å². The molecule has 206 valence electrons. The van der Waals surface area contributed by atoms with Crippen molar-refractivity contribution in [2.24, 2.45) is 0 Å². The van der Waals surface area contributed by atoms with E-state index in [1.54, 1.807) is 4.90 Å². The molecule has 1 aromatic heterocycles. The zero-order valence-electron chi connectivity index (χ0n) is 22.6. The summed E-state index contributed by atoms with van der Waals surface area (Å²) in [6, 6.07) is 21.8. The number of carbonyl (C=O) groups is 2. The summed E-state index contributed by atoms with van der Waals surface area (Å²) in [5, 5.41) is 2.99. The Balaban J connectivity index is 1.17. The van der Waals surface area contributed by atoms with E-state index in [9.17, 15) is 9.59 Å². The van der Waals surface area contributed by atoms with E-state index in [1.807, 2.05) is 63.2 Å². The third-order valence-electron chi connectivity index (χ3n) is 7.37. The molecule has 1 saturated heterocycles. The average Bonchev–Trinajstić information content (AvgIpc) is 3.60. The fourth-order valence-corrected chi connectivity index (χ4v) is 6.18. The van der Waals surface area contributed by atoms with Crippen LogP contribution in [0.3, 0.4) is 0 Å². The summed E-state index contributed by atoms with van der Waals surface area (Å²) in [6.45, 7) is 6.04. The van der Waals surface area contributed by atoms with Crippen molar-refractivity contribution in [1.82, 2.24) is 20.2 Å². The second-order valence-electron chi connectivity index (χ2n) is 11.3. The van der Waals surface area contributed by atoms with Gasteiger partial charge in [0.2, 0.25) is 0 Å². The number of hydrogen-bond acceptors (Lipinski definition) is 5. The van der Waals surface area contributed by atoms with Crippen LogP contribution in [0.5, 0.6) is 0 Å². The van der Waals surface area contributed by atoms with E-state index in [2.05, 4.69) is 57.2 Å². The molecule has 0 radical (unpaired) electrons. The molecule has 1 aliphatic carbocycles. The number of H-pyrrole nitrogens is 1. The van der Waals surface area contributed by atoms with Crippen molar-refractivity contribution in [2.75, 3.05) is 13.2 Å². The van der Waals surface area contributed by atoms with Crippen molar-refractivity contribution >= 4 is 45.8 Å². The molecule has 6 rings (SSSR count). The number of rotatable bonds is 4. The van der Waals surface area contributed by atoms with Gasteiger partial charge in [0.1, 0.15) is 18.0 Å². The van der Waals surface area contributed by atoms with Gasteiger partial charge in [0.15, 0.2) is 0 Å². The summed E-state index contributed by atoms with van der Waals surface area (Å²) >= 11 is 2.26. The maximum atomic E-state index is 13.2. The van der Waals surface area contributed by atoms with Crippen molar-refractivity contribution in [3.63, 3.8) is 0 Å². The number of imidazole rings is 1. The van der Waals surface area contributed by atoms with E-state index in [1.165, 1.54) is 11.1 Å². The summed E-state index contributed by atoms with van der Waals surface area (Å²) in [6.07, 6.45) is -0.458. The van der Waals surface area contributed by atoms with Crippen molar-refractivity contribution in [3.8, 4) is 11.1 Å². The lowest BCUT2D eigenvalue weighted by molar-refractivity contribution is 0.0215. The third kappa shape index (κ3) is 5.26. The predicted octanol–water partition coefficient (Wildman–Crippen LogP) is 6.76. The Morgan fingerprint density at radius 1 is 1.05 bits per heavy atom. The van der Waals surface area contributed by atoms with Gasteiger partial charge in [0.25, 0.3) is 0 Å². The van der Waals surface area contributed by atoms with Crippen LogP contribution in [0.1, 0.15) is 56.1 Å². The fraction of sp³-hybridized carbons (Fsp3) is 0.323. The number of aromatic nitrogens is 2. The summed E-state index contributed by atoms with van der Waals surface area (Å²) in [5.74, 6) is 0.644. The number of fused-ring (bicyclic) bond motifs is 4. The van der Waals surface area contributed by atoms with Crippen molar-refractivity contribution in [1.29, 1.82) is 0 Å². The smallest absolute Gasteiger partial charge is 0.410 e. The molecule has 2 N–H and O–H groups in total. The predicted molar refractivity (Wildman–Crippen MR) is 161 cm³/mol. The lowest BCUT2D eigenvalue weighted by atomic mass is 9.98. The van der Waals surface area contributed by atoms with E-state index in [-0.39, 0.29) is 24.6 Å². The second kappa shape index (κ2) is 10.4. The Morgan fingerprint density at radius 2 is 1.73 bits per heavy atom. The highest BCUT2D eigenvalue weighted by Crippen LogP contribution is 2.44. The molecule has 2 heterocycles. The minimum atomic E-state index is -0.649. The number of alkyl carbamates (subject to hydrolysis) is 1. The molecule has 40 heavy (non-hydrogen) atoms. The topological polar surface area (TPSA) is 96.6 Å². The average molecular weight is 651 g/mol. The standard InChI is InChI=1S/C31H31IN4O4/c1-31(2,3)40-30(38)36-16-19(15-27(36)28-34-25-13-12-18(32)14-26(25)35-28)33-29(37)39-17-24-22-10-6-4-8-20(22)21-9-5-7-11-23(21)24/h4-14,19,24,27H,15-17H2,1-3H3,(H,33,37)(H,34,35). The number of ether oxygens (including phenoxy) is 2. The second-order valence-corrected chi connectivity index (χ2v) is 12.6. The Hall–Kier alpha value is -3.60. The van der Waals surface area contributed by atoms with Gasteiger partial charge < -0.3 is 19.8 Å². The highest BCUT2D eigenvalue weighted by molar-refractivity contribution is 14.1. The number of benzene rings is 3. The van der Waals surface area contributed by atoms with Crippen LogP contribution >= 0.6 is 22.6 Å². The number of amides is 2. The Morgan fingerprint density at radius 3 is 2.40 bits per heavy atom. The number of likely N-dealkylation sites (tertiary alicyclic amines) is 1. The lowest BCUT2D eigenvalue weighted by Crippen LogP contribution is -2.41. The van der Waals surface area contributed by atoms with Crippen LogP contribution in [0.4, 0.5) is 9.59 Å². The summed E-state index contributed by atoms with van der Waals surface area (Å²) in [7, 11) is 0. The lowest BCUT2D eigenvalue weighted by Gasteiger charge is -2.27. The number of carbonyl (C=O) groups excluding carboxylic acids is 2. The first kappa shape index (κ1) is 26.6. The van der Waals surface area contributed by atoms with Crippen molar-refractivity contribution in [2.45, 2.75) is 50.8 Å². The molecular formula is C31H31IN4O4. The highest BCUT2D eigenvalue weighted by atomic mass is 127. The van der Waals surface area contributed by atoms with E-state index in [0.717, 1.165) is 25.7 Å². The molecular weight excluding hydrogens is 619 g/mol. The van der Waals surface area contributed by atoms with Gasteiger partial charge in [-0.05, 0) is 90.2 Å². The van der Waals surface area contributed by atoms with Crippen LogP contribution < -0.4 is 5.32 Å². The minimum absolute atomic E-state index is 0.0221. The maximum absolute atomic E-state index is 13.2. The van der Waals surface area contributed by atoms with Gasteiger partial charge in [-0.25, -0.2) is 14.6 Å². The fourth-order valence-electron chi connectivity index (χ4n) is 5.69. The SMILES string of the molecule is CC(C)(C)OC(=O)N1CC(NC(=O)OCC2c3ccccc3-c3ccccc32)CC1c1nc2ccc(I)cc2[nH]1. The van der Waals surface area contributed by atoms with Crippen LogP contribution in [-0.2, 0) is 9.47 Å². The molecule has 0 bridgehead atoms. The van der Waals surface area contributed by atoms with E-state index < -0.39 is 17.8 Å². The third-order valence-corrected chi connectivity index (χ3v) is 8.04. The molecule has 2 atom stereocenters. The molecule has 4 aromatic rings. The zero-order chi connectivity index (χ0) is 28.0. The molecule has 1 aliphatic heterocycles. The van der Waals surface area contributed by atoms with E-state index in [0.29, 0.717) is 18.8 Å². The number of hydrogen-bond donors (Lipinski definition) is 2. The number of nitrogens with one attached hydrogen (secondary N) is 2. The van der Waals surface area contributed by atoms with Crippen molar-refractivity contribution in [3.05, 3.63) is 87.3 Å². The molecule has 2 amide bonds. The van der Waals surface area contributed by atoms with Crippen LogP contribution in [0, 0.1) is 3.57 Å². The molecule has 2 aliphatic rings. The Labute approximate surface area is 246 Å². The molecule has 3 aromatic carbocycles. The first-order valence-corrected chi connectivity index (χ1v) is 14.5. The molecule has 2 unspecified atom stereocenters. The van der Waals surface area contributed by atoms with Crippen LogP contribution in [-0.4, -0.2) is 51.8 Å². The van der Waals surface area contributed by atoms with Gasteiger partial charge in [-0.15, -0.1) is 0 Å². The normalized spacial score (nSPS) is 18.4. The van der Waals surface area contributed by atoms with Crippen LogP contribution in [0.25, 0.3) is 22.2 Å². The molecule has 0 spiro atoms. The molecule has 1 fully saturated rings. The van der Waals surface area contributed by atoms with Gasteiger partial charge in [-0.2, -0.15) is 0 Å². The Kier molecular flexibility index (Phi) is 6.93. The first-order valence-electron chi connectivity index (χ1n) is 13.4. The molecule has 8 nitrogen and oxygen atoms in total. The highest BCUT2D eigenvalue weighted by Gasteiger charge is 2.41. The van der Waals surface area contributed by atoms with Gasteiger partial charge in [-0.1, -0.05) is 48.5 Å². The van der Waals surface area contributed by atoms with E-state index >= 15 is 0 Å². The van der Waals surface area contributed by atoms with Crippen LogP contribution in [0.15, 0.2) is 66.7 Å². The Bertz CT molecular complexity index is 1550. The minimum Gasteiger partial charge on any atom is -0.449 e.